The highest BCUT2D eigenvalue weighted by Crippen LogP contribution is 2.09. The summed E-state index contributed by atoms with van der Waals surface area (Å²) in [5, 5.41) is 9.73. The number of thiol groups is 1. The standard InChI is InChI=1S/C13H16N2O2S/c16-9-12-8-14-13(18)15(12)6-7-17-10-11-4-2-1-3-5-11/h1-5,8,16H,6-7,9-10H2,(H,14,18). The van der Waals surface area contributed by atoms with E-state index in [0.717, 1.165) is 11.3 Å². The third-order valence-electron chi connectivity index (χ3n) is 2.65. The van der Waals surface area contributed by atoms with Crippen LogP contribution in [0.1, 0.15) is 11.3 Å². The van der Waals surface area contributed by atoms with Gasteiger partial charge in [0.15, 0.2) is 5.16 Å². The van der Waals surface area contributed by atoms with Crippen molar-refractivity contribution in [1.82, 2.24) is 9.55 Å². The highest BCUT2D eigenvalue weighted by atomic mass is 32.1. The van der Waals surface area contributed by atoms with E-state index in [9.17, 15) is 0 Å². The number of aliphatic hydroxyl groups is 1. The molecule has 0 saturated heterocycles. The highest BCUT2D eigenvalue weighted by Gasteiger charge is 2.05. The van der Waals surface area contributed by atoms with Gasteiger partial charge < -0.3 is 14.4 Å². The number of hydrogen-bond donors (Lipinski definition) is 2. The zero-order valence-corrected chi connectivity index (χ0v) is 10.9. The Bertz CT molecular complexity index is 485. The first kappa shape index (κ1) is 13.1. The van der Waals surface area contributed by atoms with Crippen LogP contribution in [0.25, 0.3) is 0 Å². The minimum atomic E-state index is -0.0355. The molecular weight excluding hydrogens is 248 g/mol. The van der Waals surface area contributed by atoms with Crippen LogP contribution >= 0.6 is 12.6 Å². The van der Waals surface area contributed by atoms with Gasteiger partial charge in [0.2, 0.25) is 0 Å². The third-order valence-corrected chi connectivity index (χ3v) is 3.01. The first-order valence-electron chi connectivity index (χ1n) is 5.77. The number of ether oxygens (including phenoxy) is 1. The third kappa shape index (κ3) is 3.35. The van der Waals surface area contributed by atoms with Gasteiger partial charge in [-0.1, -0.05) is 30.3 Å². The van der Waals surface area contributed by atoms with Crippen LogP contribution in [0, 0.1) is 0 Å². The van der Waals surface area contributed by atoms with Crippen LogP contribution in [0.5, 0.6) is 0 Å². The Morgan fingerprint density at radius 2 is 2.06 bits per heavy atom. The van der Waals surface area contributed by atoms with Gasteiger partial charge in [0.25, 0.3) is 0 Å². The minimum absolute atomic E-state index is 0.0355. The second-order valence-corrected chi connectivity index (χ2v) is 4.30. The van der Waals surface area contributed by atoms with Gasteiger partial charge in [-0.05, 0) is 5.56 Å². The summed E-state index contributed by atoms with van der Waals surface area (Å²) in [6.07, 6.45) is 1.62. The van der Waals surface area contributed by atoms with E-state index in [4.69, 9.17) is 9.84 Å². The molecule has 4 nitrogen and oxygen atoms in total. The van der Waals surface area contributed by atoms with Gasteiger partial charge in [-0.3, -0.25) is 0 Å². The van der Waals surface area contributed by atoms with Crippen molar-refractivity contribution in [3.8, 4) is 0 Å². The Labute approximate surface area is 112 Å². The summed E-state index contributed by atoms with van der Waals surface area (Å²) < 4.78 is 7.42. The van der Waals surface area contributed by atoms with Crippen molar-refractivity contribution in [2.24, 2.45) is 0 Å². The number of aliphatic hydroxyl groups excluding tert-OH is 1. The summed E-state index contributed by atoms with van der Waals surface area (Å²) in [6.45, 7) is 1.76. The van der Waals surface area contributed by atoms with Crippen LogP contribution in [0.3, 0.4) is 0 Å². The lowest BCUT2D eigenvalue weighted by atomic mass is 10.2. The molecular formula is C13H16N2O2S. The Kier molecular flexibility index (Phi) is 4.81. The Hall–Kier alpha value is -1.30. The summed E-state index contributed by atoms with van der Waals surface area (Å²) >= 11 is 4.23. The molecule has 0 spiro atoms. The first-order valence-corrected chi connectivity index (χ1v) is 6.22. The van der Waals surface area contributed by atoms with Crippen molar-refractivity contribution in [2.45, 2.75) is 24.9 Å². The molecule has 0 saturated carbocycles. The van der Waals surface area contributed by atoms with Crippen molar-refractivity contribution in [3.63, 3.8) is 0 Å². The molecule has 0 unspecified atom stereocenters. The summed E-state index contributed by atoms with van der Waals surface area (Å²) in [7, 11) is 0. The maximum Gasteiger partial charge on any atom is 0.165 e. The molecule has 0 atom stereocenters. The molecule has 0 fully saturated rings. The molecule has 1 aromatic heterocycles. The fourth-order valence-corrected chi connectivity index (χ4v) is 1.98. The number of nitrogens with zero attached hydrogens (tertiary/aromatic N) is 2. The van der Waals surface area contributed by atoms with Gasteiger partial charge in [0.1, 0.15) is 0 Å². The topological polar surface area (TPSA) is 47.3 Å². The van der Waals surface area contributed by atoms with E-state index >= 15 is 0 Å². The second-order valence-electron chi connectivity index (χ2n) is 3.90. The van der Waals surface area contributed by atoms with Crippen LogP contribution in [-0.4, -0.2) is 21.3 Å². The lowest BCUT2D eigenvalue weighted by Gasteiger charge is -2.09. The number of hydrogen-bond acceptors (Lipinski definition) is 4. The molecule has 0 radical (unpaired) electrons. The molecule has 0 bridgehead atoms. The normalized spacial score (nSPS) is 10.8. The van der Waals surface area contributed by atoms with E-state index in [-0.39, 0.29) is 6.61 Å². The number of imidazole rings is 1. The molecule has 0 aliphatic carbocycles. The fraction of sp³-hybridized carbons (Fsp3) is 0.308. The molecule has 18 heavy (non-hydrogen) atoms. The van der Waals surface area contributed by atoms with Gasteiger partial charge in [-0.2, -0.15) is 0 Å². The maximum atomic E-state index is 9.13. The predicted molar refractivity (Wildman–Crippen MR) is 71.5 cm³/mol. The van der Waals surface area contributed by atoms with Gasteiger partial charge in [-0.25, -0.2) is 4.98 Å². The molecule has 0 amide bonds. The molecule has 0 aliphatic heterocycles. The molecule has 1 aromatic carbocycles. The van der Waals surface area contributed by atoms with Crippen LogP contribution in [-0.2, 0) is 24.5 Å². The molecule has 0 aliphatic rings. The van der Waals surface area contributed by atoms with Gasteiger partial charge >= 0.3 is 0 Å². The van der Waals surface area contributed by atoms with Crippen molar-refractivity contribution in [2.75, 3.05) is 6.61 Å². The van der Waals surface area contributed by atoms with E-state index in [1.165, 1.54) is 0 Å². The Morgan fingerprint density at radius 3 is 2.78 bits per heavy atom. The van der Waals surface area contributed by atoms with Gasteiger partial charge in [-0.15, -0.1) is 12.6 Å². The van der Waals surface area contributed by atoms with Crippen LogP contribution in [0.2, 0.25) is 0 Å². The van der Waals surface area contributed by atoms with Crippen molar-refractivity contribution >= 4 is 12.6 Å². The SMILES string of the molecule is OCc1cnc(S)n1CCOCc1ccccc1. The zero-order valence-electron chi connectivity index (χ0n) is 9.99. The van der Waals surface area contributed by atoms with Crippen LogP contribution in [0.15, 0.2) is 41.7 Å². The number of rotatable bonds is 6. The average Bonchev–Trinajstić information content (AvgIpc) is 2.77. The molecule has 5 heteroatoms. The van der Waals surface area contributed by atoms with E-state index in [2.05, 4.69) is 17.6 Å². The second kappa shape index (κ2) is 6.58. The van der Waals surface area contributed by atoms with Crippen molar-refractivity contribution in [3.05, 3.63) is 47.8 Å². The molecule has 1 N–H and O–H groups in total. The van der Waals surface area contributed by atoms with Gasteiger partial charge in [0.05, 0.1) is 31.7 Å². The van der Waals surface area contributed by atoms with Crippen LogP contribution < -0.4 is 0 Å². The highest BCUT2D eigenvalue weighted by molar-refractivity contribution is 7.80. The molecule has 2 aromatic rings. The predicted octanol–water partition coefficient (Wildman–Crippen LogP) is 1.88. The van der Waals surface area contributed by atoms with E-state index < -0.39 is 0 Å². The summed E-state index contributed by atoms with van der Waals surface area (Å²) in [5.41, 5.74) is 1.90. The molecule has 2 rings (SSSR count). The molecule has 1 heterocycles. The number of benzene rings is 1. The quantitative estimate of drug-likeness (QED) is 0.618. The van der Waals surface area contributed by atoms with Crippen molar-refractivity contribution in [1.29, 1.82) is 0 Å². The Balaban J connectivity index is 1.80. The first-order chi connectivity index (χ1) is 8.81. The summed E-state index contributed by atoms with van der Waals surface area (Å²) in [5.74, 6) is 0. The van der Waals surface area contributed by atoms with Crippen LogP contribution in [0.4, 0.5) is 0 Å². The van der Waals surface area contributed by atoms with E-state index in [0.29, 0.717) is 24.9 Å². The van der Waals surface area contributed by atoms with Gasteiger partial charge in [0, 0.05) is 6.54 Å². The zero-order chi connectivity index (χ0) is 12.8. The van der Waals surface area contributed by atoms with E-state index in [1.54, 1.807) is 6.20 Å². The number of aromatic nitrogens is 2. The average molecular weight is 264 g/mol. The largest absolute Gasteiger partial charge is 0.390 e. The lowest BCUT2D eigenvalue weighted by molar-refractivity contribution is 0.110. The molecule has 96 valence electrons. The smallest absolute Gasteiger partial charge is 0.165 e. The Morgan fingerprint density at radius 1 is 1.28 bits per heavy atom. The summed E-state index contributed by atoms with van der Waals surface area (Å²) in [6, 6.07) is 10.0. The minimum Gasteiger partial charge on any atom is -0.390 e. The monoisotopic (exact) mass is 264 g/mol. The van der Waals surface area contributed by atoms with E-state index in [1.807, 2.05) is 34.9 Å². The maximum absolute atomic E-state index is 9.13. The fourth-order valence-electron chi connectivity index (χ4n) is 1.69. The van der Waals surface area contributed by atoms with Crippen molar-refractivity contribution < 1.29 is 9.84 Å². The lowest BCUT2D eigenvalue weighted by Crippen LogP contribution is -2.09. The summed E-state index contributed by atoms with van der Waals surface area (Å²) in [4.78, 5) is 4.04.